The Morgan fingerprint density at radius 1 is 1.11 bits per heavy atom. The number of benzene rings is 1. The Labute approximate surface area is 139 Å². The van der Waals surface area contributed by atoms with E-state index in [9.17, 15) is 4.39 Å². The van der Waals surface area contributed by atoms with Crippen molar-refractivity contribution in [3.63, 3.8) is 0 Å². The van der Waals surface area contributed by atoms with E-state index in [1.807, 2.05) is 0 Å². The Bertz CT molecular complexity index is 600. The summed E-state index contributed by atoms with van der Waals surface area (Å²) in [5.41, 5.74) is 1.14. The molecular formula is C11H4Br2Cl3FS. The number of hydrogen-bond donors (Lipinski definition) is 0. The van der Waals surface area contributed by atoms with Crippen molar-refractivity contribution in [3.05, 3.63) is 53.3 Å². The van der Waals surface area contributed by atoms with E-state index in [4.69, 9.17) is 34.8 Å². The molecule has 0 N–H and O–H groups in total. The highest BCUT2D eigenvalue weighted by Gasteiger charge is 2.21. The third kappa shape index (κ3) is 3.05. The summed E-state index contributed by atoms with van der Waals surface area (Å²) in [7, 11) is 0. The van der Waals surface area contributed by atoms with E-state index in [1.54, 1.807) is 12.1 Å². The van der Waals surface area contributed by atoms with Crippen LogP contribution in [0.25, 0.3) is 0 Å². The first-order valence-corrected chi connectivity index (χ1v) is 8.29. The fraction of sp³-hybridized carbons (Fsp3) is 0.0909. The molecule has 7 heteroatoms. The van der Waals surface area contributed by atoms with E-state index in [2.05, 4.69) is 31.9 Å². The normalized spacial score (nSPS) is 12.8. The Morgan fingerprint density at radius 3 is 2.33 bits per heavy atom. The molecule has 0 fully saturated rings. The first kappa shape index (κ1) is 15.1. The minimum Gasteiger partial charge on any atom is -0.207 e. The lowest BCUT2D eigenvalue weighted by Crippen LogP contribution is -1.96. The molecule has 1 heterocycles. The summed E-state index contributed by atoms with van der Waals surface area (Å²) in [6, 6.07) is 4.60. The van der Waals surface area contributed by atoms with Gasteiger partial charge >= 0.3 is 0 Å². The topological polar surface area (TPSA) is 0 Å². The maximum Gasteiger partial charge on any atom is 0.129 e. The predicted molar refractivity (Wildman–Crippen MR) is 84.2 cm³/mol. The van der Waals surface area contributed by atoms with E-state index in [1.165, 1.54) is 17.4 Å². The van der Waals surface area contributed by atoms with Crippen LogP contribution in [0.15, 0.2) is 22.7 Å². The van der Waals surface area contributed by atoms with E-state index in [-0.39, 0.29) is 10.6 Å². The summed E-state index contributed by atoms with van der Waals surface area (Å²) < 4.78 is 15.5. The molecule has 2 rings (SSSR count). The van der Waals surface area contributed by atoms with Crippen molar-refractivity contribution in [2.75, 3.05) is 0 Å². The average Bonchev–Trinajstić information content (AvgIpc) is 2.62. The van der Waals surface area contributed by atoms with Crippen LogP contribution in [0, 0.1) is 5.82 Å². The molecule has 0 saturated carbocycles. The summed E-state index contributed by atoms with van der Waals surface area (Å²) in [5, 5.41) is 0.438. The summed E-state index contributed by atoms with van der Waals surface area (Å²) >= 11 is 25.7. The third-order valence-corrected chi connectivity index (χ3v) is 5.97. The van der Waals surface area contributed by atoms with Crippen molar-refractivity contribution in [3.8, 4) is 0 Å². The number of thiophene rings is 1. The summed E-state index contributed by atoms with van der Waals surface area (Å²) in [5.74, 6) is -0.369. The molecule has 0 spiro atoms. The first-order chi connectivity index (χ1) is 8.40. The lowest BCUT2D eigenvalue weighted by molar-refractivity contribution is 0.613. The van der Waals surface area contributed by atoms with Gasteiger partial charge in [0.15, 0.2) is 0 Å². The van der Waals surface area contributed by atoms with E-state index in [0.29, 0.717) is 23.7 Å². The largest absolute Gasteiger partial charge is 0.207 e. The Hall–Kier alpha value is 0.680. The zero-order valence-corrected chi connectivity index (χ0v) is 14.7. The first-order valence-electron chi connectivity index (χ1n) is 4.63. The molecule has 0 aliphatic carbocycles. The zero-order chi connectivity index (χ0) is 13.4. The van der Waals surface area contributed by atoms with Gasteiger partial charge in [-0.25, -0.2) is 4.39 Å². The molecule has 0 aliphatic heterocycles. The fourth-order valence-corrected chi connectivity index (χ4v) is 4.44. The standard InChI is InChI=1S/C11H4Br2Cl3FS/c12-6-3-8(17)4(1-7(6)14)10(13)5-2-9(15)18-11(5)16/h1-3,10H. The van der Waals surface area contributed by atoms with Crippen LogP contribution in [0.3, 0.4) is 0 Å². The van der Waals surface area contributed by atoms with Gasteiger partial charge in [0.1, 0.15) is 5.82 Å². The minimum absolute atomic E-state index is 0.369. The molecule has 96 valence electrons. The smallest absolute Gasteiger partial charge is 0.129 e. The average molecular weight is 453 g/mol. The van der Waals surface area contributed by atoms with Gasteiger partial charge in [-0.3, -0.25) is 0 Å². The maximum atomic E-state index is 13.9. The molecule has 0 bridgehead atoms. The van der Waals surface area contributed by atoms with Crippen LogP contribution < -0.4 is 0 Å². The van der Waals surface area contributed by atoms with Crippen LogP contribution in [0.4, 0.5) is 4.39 Å². The van der Waals surface area contributed by atoms with Gasteiger partial charge in [0.05, 0.1) is 18.5 Å². The highest BCUT2D eigenvalue weighted by Crippen LogP contribution is 2.43. The molecule has 0 aliphatic rings. The van der Waals surface area contributed by atoms with Crippen LogP contribution in [0.1, 0.15) is 16.0 Å². The van der Waals surface area contributed by atoms with Gasteiger partial charge < -0.3 is 0 Å². The highest BCUT2D eigenvalue weighted by molar-refractivity contribution is 9.10. The van der Waals surface area contributed by atoms with Crippen molar-refractivity contribution in [2.24, 2.45) is 0 Å². The molecule has 18 heavy (non-hydrogen) atoms. The maximum absolute atomic E-state index is 13.9. The summed E-state index contributed by atoms with van der Waals surface area (Å²) in [4.78, 5) is -0.389. The van der Waals surface area contributed by atoms with Gasteiger partial charge in [0, 0.05) is 15.6 Å². The Balaban J connectivity index is 2.49. The number of alkyl halides is 1. The molecule has 0 amide bonds. The van der Waals surface area contributed by atoms with E-state index >= 15 is 0 Å². The second kappa shape index (κ2) is 5.98. The number of rotatable bonds is 2. The SMILES string of the molecule is Fc1cc(Br)c(Cl)cc1C(Br)c1cc(Cl)sc1Cl. The van der Waals surface area contributed by atoms with Gasteiger partial charge in [0.2, 0.25) is 0 Å². The predicted octanol–water partition coefficient (Wildman–Crippen LogP) is 7.09. The Morgan fingerprint density at radius 2 is 1.78 bits per heavy atom. The monoisotopic (exact) mass is 450 g/mol. The quantitative estimate of drug-likeness (QED) is 0.336. The van der Waals surface area contributed by atoms with Crippen molar-refractivity contribution in [2.45, 2.75) is 4.83 Å². The molecule has 1 atom stereocenters. The molecule has 2 aromatic rings. The van der Waals surface area contributed by atoms with Crippen LogP contribution >= 0.6 is 78.0 Å². The van der Waals surface area contributed by atoms with Gasteiger partial charge in [-0.1, -0.05) is 50.7 Å². The second-order valence-electron chi connectivity index (χ2n) is 3.43. The van der Waals surface area contributed by atoms with Crippen LogP contribution in [-0.4, -0.2) is 0 Å². The molecule has 1 unspecified atom stereocenters. The Kier molecular flexibility index (Phi) is 5.01. The van der Waals surface area contributed by atoms with Gasteiger partial charge in [0.25, 0.3) is 0 Å². The molecule has 0 nitrogen and oxygen atoms in total. The van der Waals surface area contributed by atoms with Crippen LogP contribution in [0.5, 0.6) is 0 Å². The molecule has 0 radical (unpaired) electrons. The fourth-order valence-electron chi connectivity index (χ4n) is 1.43. The second-order valence-corrected chi connectivity index (χ2v) is 7.89. The van der Waals surface area contributed by atoms with Crippen molar-refractivity contribution in [1.82, 2.24) is 0 Å². The van der Waals surface area contributed by atoms with Gasteiger partial charge in [-0.2, -0.15) is 0 Å². The van der Waals surface area contributed by atoms with Crippen molar-refractivity contribution >= 4 is 78.0 Å². The molecular weight excluding hydrogens is 449 g/mol. The lowest BCUT2D eigenvalue weighted by atomic mass is 10.1. The summed E-state index contributed by atoms with van der Waals surface area (Å²) in [6.45, 7) is 0. The number of hydrogen-bond acceptors (Lipinski definition) is 1. The van der Waals surface area contributed by atoms with E-state index in [0.717, 1.165) is 5.56 Å². The third-order valence-electron chi connectivity index (χ3n) is 2.27. The zero-order valence-electron chi connectivity index (χ0n) is 8.49. The molecule has 1 aromatic carbocycles. The minimum atomic E-state index is -0.389. The van der Waals surface area contributed by atoms with Gasteiger partial charge in [-0.15, -0.1) is 11.3 Å². The number of halogens is 6. The molecule has 0 saturated heterocycles. The van der Waals surface area contributed by atoms with Crippen LogP contribution in [0.2, 0.25) is 13.7 Å². The van der Waals surface area contributed by atoms with Crippen molar-refractivity contribution in [1.29, 1.82) is 0 Å². The highest BCUT2D eigenvalue weighted by atomic mass is 79.9. The van der Waals surface area contributed by atoms with Crippen molar-refractivity contribution < 1.29 is 4.39 Å². The molecule has 1 aromatic heterocycles. The van der Waals surface area contributed by atoms with Gasteiger partial charge in [-0.05, 0) is 34.1 Å². The lowest BCUT2D eigenvalue weighted by Gasteiger charge is -2.12. The van der Waals surface area contributed by atoms with Crippen LogP contribution in [-0.2, 0) is 0 Å². The summed E-state index contributed by atoms with van der Waals surface area (Å²) in [6.07, 6.45) is 0. The van der Waals surface area contributed by atoms with E-state index < -0.39 is 0 Å².